The predicted octanol–water partition coefficient (Wildman–Crippen LogP) is 4.76. The number of rotatable bonds is 4. The number of alkyl halides is 3. The van der Waals surface area contributed by atoms with Crippen LogP contribution in [0.3, 0.4) is 0 Å². The molecule has 2 aromatic carbocycles. The van der Waals surface area contributed by atoms with Crippen molar-refractivity contribution in [2.24, 2.45) is 0 Å². The quantitative estimate of drug-likeness (QED) is 0.532. The van der Waals surface area contributed by atoms with Gasteiger partial charge in [-0.3, -0.25) is 9.69 Å². The normalized spacial score (nSPS) is 15.1. The number of carbonyl (C=O) groups is 1. The molecule has 4 rings (SSSR count). The van der Waals surface area contributed by atoms with Crippen molar-refractivity contribution in [1.29, 1.82) is 5.26 Å². The smallest absolute Gasteiger partial charge is 0.337 e. The summed E-state index contributed by atoms with van der Waals surface area (Å²) >= 11 is 5.94. The second-order valence-corrected chi connectivity index (χ2v) is 8.46. The van der Waals surface area contributed by atoms with E-state index < -0.39 is 23.3 Å². The average molecular weight is 488 g/mol. The van der Waals surface area contributed by atoms with Crippen LogP contribution in [-0.4, -0.2) is 51.7 Å². The highest BCUT2D eigenvalue weighted by Crippen LogP contribution is 2.34. The van der Waals surface area contributed by atoms with Crippen molar-refractivity contribution in [3.63, 3.8) is 0 Å². The lowest BCUT2D eigenvalue weighted by molar-refractivity contribution is -0.143. The summed E-state index contributed by atoms with van der Waals surface area (Å²) in [5.41, 5.74) is 0.144. The molecule has 0 radical (unpaired) electrons. The maximum absolute atomic E-state index is 14.0. The third kappa shape index (κ3) is 5.24. The minimum atomic E-state index is -4.78. The van der Waals surface area contributed by atoms with E-state index in [1.54, 1.807) is 18.2 Å². The summed E-state index contributed by atoms with van der Waals surface area (Å²) in [5.74, 6) is -0.694. The molecule has 2 heterocycles. The second kappa shape index (κ2) is 9.87. The first-order valence-electron chi connectivity index (χ1n) is 10.7. The van der Waals surface area contributed by atoms with Gasteiger partial charge in [-0.2, -0.15) is 23.5 Å². The highest BCUT2D eigenvalue weighted by molar-refractivity contribution is 6.30. The molecule has 0 aliphatic carbocycles. The first-order valence-corrected chi connectivity index (χ1v) is 11.1. The van der Waals surface area contributed by atoms with E-state index in [2.05, 4.69) is 16.1 Å². The van der Waals surface area contributed by atoms with Crippen LogP contribution in [0.5, 0.6) is 0 Å². The predicted molar refractivity (Wildman–Crippen MR) is 121 cm³/mol. The molecule has 10 heteroatoms. The van der Waals surface area contributed by atoms with Gasteiger partial charge in [0.2, 0.25) is 0 Å². The Kier molecular flexibility index (Phi) is 6.91. The minimum Gasteiger partial charge on any atom is -0.337 e. The van der Waals surface area contributed by atoms with Crippen LogP contribution in [-0.2, 0) is 12.7 Å². The molecule has 34 heavy (non-hydrogen) atoms. The van der Waals surface area contributed by atoms with E-state index in [0.717, 1.165) is 11.8 Å². The van der Waals surface area contributed by atoms with Crippen molar-refractivity contribution in [3.05, 3.63) is 82.1 Å². The summed E-state index contributed by atoms with van der Waals surface area (Å²) < 4.78 is 42.7. The standard InChI is InChI=1S/C24H21ClF3N5O/c25-19-3-1-4-20(13-19)33-22(24(26,27)28)21(15-30-33)23(34)32-10-2-9-31(11-12-32)16-18-7-5-17(14-29)6-8-18/h1,3-8,13,15H,2,9-12,16H2. The van der Waals surface area contributed by atoms with Crippen LogP contribution in [0.25, 0.3) is 5.69 Å². The third-order valence-corrected chi connectivity index (χ3v) is 5.92. The molecule has 0 spiro atoms. The molecule has 0 atom stereocenters. The summed E-state index contributed by atoms with van der Waals surface area (Å²) in [6.07, 6.45) is -3.17. The molecule has 0 bridgehead atoms. The number of hydrogen-bond acceptors (Lipinski definition) is 4. The van der Waals surface area contributed by atoms with Crippen molar-refractivity contribution in [1.82, 2.24) is 19.6 Å². The fraction of sp³-hybridized carbons (Fsp3) is 0.292. The number of halogens is 4. The van der Waals surface area contributed by atoms with Crippen molar-refractivity contribution in [3.8, 4) is 11.8 Å². The molecule has 0 N–H and O–H groups in total. The van der Waals surface area contributed by atoms with Crippen LogP contribution in [0.2, 0.25) is 5.02 Å². The van der Waals surface area contributed by atoms with Crippen LogP contribution in [0.1, 0.15) is 33.6 Å². The van der Waals surface area contributed by atoms with E-state index in [4.69, 9.17) is 16.9 Å². The lowest BCUT2D eigenvalue weighted by Crippen LogP contribution is -2.36. The Morgan fingerprint density at radius 2 is 1.85 bits per heavy atom. The summed E-state index contributed by atoms with van der Waals surface area (Å²) in [4.78, 5) is 16.8. The zero-order chi connectivity index (χ0) is 24.3. The number of nitrogens with zero attached hydrogens (tertiary/aromatic N) is 5. The molecule has 1 fully saturated rings. The number of benzene rings is 2. The Bertz CT molecular complexity index is 1220. The molecular formula is C24H21ClF3N5O. The zero-order valence-electron chi connectivity index (χ0n) is 18.1. The summed E-state index contributed by atoms with van der Waals surface area (Å²) in [6.45, 7) is 2.51. The first kappa shape index (κ1) is 23.8. The first-order chi connectivity index (χ1) is 16.3. The Morgan fingerprint density at radius 1 is 1.09 bits per heavy atom. The maximum atomic E-state index is 14.0. The van der Waals surface area contributed by atoms with Crippen molar-refractivity contribution in [2.75, 3.05) is 26.2 Å². The van der Waals surface area contributed by atoms with E-state index in [1.165, 1.54) is 23.1 Å². The Labute approximate surface area is 199 Å². The number of nitriles is 1. The van der Waals surface area contributed by atoms with E-state index in [-0.39, 0.29) is 10.7 Å². The molecule has 3 aromatic rings. The van der Waals surface area contributed by atoms with Gasteiger partial charge in [-0.25, -0.2) is 4.68 Å². The van der Waals surface area contributed by atoms with Gasteiger partial charge in [-0.05, 0) is 42.3 Å². The maximum Gasteiger partial charge on any atom is 0.434 e. The number of hydrogen-bond donors (Lipinski definition) is 0. The van der Waals surface area contributed by atoms with Gasteiger partial charge in [0.15, 0.2) is 5.69 Å². The van der Waals surface area contributed by atoms with Gasteiger partial charge in [0.1, 0.15) is 0 Å². The highest BCUT2D eigenvalue weighted by Gasteiger charge is 2.41. The van der Waals surface area contributed by atoms with Crippen molar-refractivity contribution < 1.29 is 18.0 Å². The highest BCUT2D eigenvalue weighted by atomic mass is 35.5. The molecule has 0 unspecified atom stereocenters. The van der Waals surface area contributed by atoms with Crippen molar-refractivity contribution in [2.45, 2.75) is 19.1 Å². The lowest BCUT2D eigenvalue weighted by atomic mass is 10.1. The summed E-state index contributed by atoms with van der Waals surface area (Å²) in [7, 11) is 0. The van der Waals surface area contributed by atoms with Gasteiger partial charge < -0.3 is 4.90 Å². The summed E-state index contributed by atoms with van der Waals surface area (Å²) in [6, 6.07) is 15.2. The molecular weight excluding hydrogens is 467 g/mol. The fourth-order valence-electron chi connectivity index (χ4n) is 4.03. The molecule has 1 aliphatic heterocycles. The number of aromatic nitrogens is 2. The van der Waals surface area contributed by atoms with Gasteiger partial charge in [0.25, 0.3) is 5.91 Å². The van der Waals surface area contributed by atoms with Gasteiger partial charge in [-0.1, -0.05) is 29.8 Å². The SMILES string of the molecule is N#Cc1ccc(CN2CCCN(C(=O)c3cnn(-c4cccc(Cl)c4)c3C(F)(F)F)CC2)cc1. The van der Waals surface area contributed by atoms with Gasteiger partial charge in [-0.15, -0.1) is 0 Å². The molecule has 0 saturated carbocycles. The minimum absolute atomic E-state index is 0.128. The molecule has 1 saturated heterocycles. The molecule has 1 aromatic heterocycles. The van der Waals surface area contributed by atoms with Crippen LogP contribution in [0.15, 0.2) is 54.7 Å². The van der Waals surface area contributed by atoms with Crippen LogP contribution in [0.4, 0.5) is 13.2 Å². The van der Waals surface area contributed by atoms with Crippen LogP contribution < -0.4 is 0 Å². The Hall–Kier alpha value is -3.35. The molecule has 1 amide bonds. The largest absolute Gasteiger partial charge is 0.434 e. The van der Waals surface area contributed by atoms with Crippen LogP contribution >= 0.6 is 11.6 Å². The van der Waals surface area contributed by atoms with Gasteiger partial charge in [0, 0.05) is 37.7 Å². The Morgan fingerprint density at radius 3 is 2.53 bits per heavy atom. The Balaban J connectivity index is 1.52. The number of amides is 1. The topological polar surface area (TPSA) is 65.2 Å². The van der Waals surface area contributed by atoms with Crippen LogP contribution in [0, 0.1) is 11.3 Å². The van der Waals surface area contributed by atoms with E-state index in [0.29, 0.717) is 49.4 Å². The number of carbonyl (C=O) groups excluding carboxylic acids is 1. The van der Waals surface area contributed by atoms with Gasteiger partial charge >= 0.3 is 6.18 Å². The lowest BCUT2D eigenvalue weighted by Gasteiger charge is -2.22. The van der Waals surface area contributed by atoms with E-state index >= 15 is 0 Å². The van der Waals surface area contributed by atoms with E-state index in [1.807, 2.05) is 12.1 Å². The monoisotopic (exact) mass is 487 g/mol. The third-order valence-electron chi connectivity index (χ3n) is 5.69. The summed E-state index contributed by atoms with van der Waals surface area (Å²) in [5, 5.41) is 13.1. The molecule has 1 aliphatic rings. The zero-order valence-corrected chi connectivity index (χ0v) is 18.9. The van der Waals surface area contributed by atoms with Crippen molar-refractivity contribution >= 4 is 17.5 Å². The molecule has 6 nitrogen and oxygen atoms in total. The fourth-order valence-corrected chi connectivity index (χ4v) is 4.21. The van der Waals surface area contributed by atoms with Gasteiger partial charge in [0.05, 0.1) is 29.1 Å². The molecule has 176 valence electrons. The van der Waals surface area contributed by atoms with E-state index in [9.17, 15) is 18.0 Å². The average Bonchev–Trinajstić information content (AvgIpc) is 3.15. The second-order valence-electron chi connectivity index (χ2n) is 8.03.